The fraction of sp³-hybridized carbons (Fsp3) is 0.524. The predicted octanol–water partition coefficient (Wildman–Crippen LogP) is 10.1. The Morgan fingerprint density at radius 2 is 1.66 bits per heavy atom. The molecule has 5 aliphatic carbocycles. The minimum Gasteiger partial charge on any atom is -0.504 e. The number of nitrogens with two attached hydrogens (primary N) is 2. The largest absolute Gasteiger partial charge is 0.504 e. The zero-order valence-electron chi connectivity index (χ0n) is 56.4. The smallest absolute Gasteiger partial charge is 0.202 e. The molecule has 13 aliphatic rings. The number of ketones is 2. The third-order valence-electron chi connectivity index (χ3n) is 25.3. The highest BCUT2D eigenvalue weighted by Crippen LogP contribution is 2.75. The van der Waals surface area contributed by atoms with Gasteiger partial charge in [0.15, 0.2) is 17.3 Å². The third-order valence-corrected chi connectivity index (χ3v) is 25.3. The van der Waals surface area contributed by atoms with Gasteiger partial charge < -0.3 is 58.1 Å². The minimum atomic E-state index is -0.617. The second-order valence-electron chi connectivity index (χ2n) is 30.7. The Morgan fingerprint density at radius 1 is 0.865 bits per heavy atom. The first-order valence-corrected chi connectivity index (χ1v) is 36.4. The molecule has 14 nitrogen and oxygen atoms in total. The van der Waals surface area contributed by atoms with Gasteiger partial charge in [-0.25, -0.2) is 0 Å². The van der Waals surface area contributed by atoms with E-state index in [4.69, 9.17) is 21.2 Å². The number of aliphatic hydroxyl groups is 2. The quantitative estimate of drug-likeness (QED) is 0.0342. The zero-order valence-corrected chi connectivity index (χ0v) is 56.4. The van der Waals surface area contributed by atoms with Crippen molar-refractivity contribution in [2.45, 2.75) is 165 Å². The van der Waals surface area contributed by atoms with E-state index in [9.17, 15) is 24.9 Å². The van der Waals surface area contributed by atoms with E-state index in [2.05, 4.69) is 142 Å². The molecule has 96 heavy (non-hydrogen) atoms. The number of carbonyl (C=O) groups excluding carboxylic acids is 2. The minimum absolute atomic E-state index is 0.0214. The first-order valence-electron chi connectivity index (χ1n) is 36.4. The molecule has 0 radical (unpaired) electrons. The summed E-state index contributed by atoms with van der Waals surface area (Å²) in [6.07, 6.45) is 27.2. The predicted molar refractivity (Wildman–Crippen MR) is 380 cm³/mol. The summed E-state index contributed by atoms with van der Waals surface area (Å²) in [6.45, 7) is 4.47. The SMILES string of the molecule is COc1cc2c(cc1O)CC1=CNC(N)C=C1[C@H](Cc1cccc(CCc3ccccc3)c1)CC#CN=C(N)N[C@H]1CC3=C[C@H]([C@H](C)O)N[C@H]4C[C@@]5(C[C@@H]6[C@H]7CCNC[C@H]7C[C@@H]7C=CCN[C@@H]67)C[C@H](CC[C@H]5[C@]45CC[C@H]([C@@H]1CCc1ccccc1)[C@@H]35)CC(=O)CC(=O)/C=C/2CO. The number of guanidine groups is 1. The van der Waals surface area contributed by atoms with Crippen molar-refractivity contribution in [3.05, 3.63) is 184 Å². The van der Waals surface area contributed by atoms with Crippen LogP contribution in [0.25, 0.3) is 5.57 Å². The summed E-state index contributed by atoms with van der Waals surface area (Å²) in [5.74, 6) is 6.92. The lowest BCUT2D eigenvalue weighted by atomic mass is 9.49. The van der Waals surface area contributed by atoms with Crippen LogP contribution in [0.5, 0.6) is 11.5 Å². The van der Waals surface area contributed by atoms with Crippen molar-refractivity contribution in [1.82, 2.24) is 26.6 Å². The van der Waals surface area contributed by atoms with E-state index in [0.29, 0.717) is 89.4 Å². The number of dihydropyridines is 1. The number of Topliss-reactive ketones (excluding diaryl/α,β-unsaturated/α-hetero) is 1. The lowest BCUT2D eigenvalue weighted by Crippen LogP contribution is -2.58. The molecule has 8 heterocycles. The maximum Gasteiger partial charge on any atom is 0.202 e. The molecular formula is C82H102N8O6. The van der Waals surface area contributed by atoms with Crippen LogP contribution < -0.4 is 42.8 Å². The molecule has 17 rings (SSSR count). The first-order chi connectivity index (χ1) is 46.7. The molecule has 0 amide bonds. The highest BCUT2D eigenvalue weighted by atomic mass is 16.5. The lowest BCUT2D eigenvalue weighted by molar-refractivity contribution is -0.126. The Hall–Kier alpha value is -7.09. The van der Waals surface area contributed by atoms with Gasteiger partial charge in [0.1, 0.15) is 5.78 Å². The second-order valence-corrected chi connectivity index (χ2v) is 30.7. The number of carbonyl (C=O) groups is 2. The molecule has 18 atom stereocenters. The zero-order chi connectivity index (χ0) is 66.1. The Labute approximate surface area is 568 Å². The molecule has 1 unspecified atom stereocenters. The van der Waals surface area contributed by atoms with Gasteiger partial charge >= 0.3 is 0 Å². The van der Waals surface area contributed by atoms with E-state index in [1.165, 1.54) is 48.3 Å². The van der Waals surface area contributed by atoms with E-state index < -0.39 is 18.9 Å². The van der Waals surface area contributed by atoms with E-state index in [-0.39, 0.29) is 82.6 Å². The van der Waals surface area contributed by atoms with Crippen LogP contribution in [0.1, 0.15) is 130 Å². The van der Waals surface area contributed by atoms with Crippen molar-refractivity contribution in [1.29, 1.82) is 0 Å². The van der Waals surface area contributed by atoms with Gasteiger partial charge in [-0.3, -0.25) is 9.59 Å². The second kappa shape index (κ2) is 28.8. The number of aliphatic hydroxyl groups excluding tert-OH is 2. The summed E-state index contributed by atoms with van der Waals surface area (Å²) in [5, 5.41) is 54.3. The number of benzene rings is 4. The van der Waals surface area contributed by atoms with Crippen LogP contribution in [0.3, 0.4) is 0 Å². The number of piperidine rings is 1. The van der Waals surface area contributed by atoms with E-state index >= 15 is 0 Å². The average molecular weight is 1300 g/mol. The fourth-order valence-electron chi connectivity index (χ4n) is 21.6. The molecule has 4 aromatic rings. The molecule has 0 aromatic heterocycles. The van der Waals surface area contributed by atoms with Crippen LogP contribution in [0.15, 0.2) is 155 Å². The van der Waals surface area contributed by atoms with Crippen molar-refractivity contribution >= 4 is 23.1 Å². The van der Waals surface area contributed by atoms with Crippen molar-refractivity contribution < 1.29 is 29.6 Å². The van der Waals surface area contributed by atoms with Crippen molar-refractivity contribution in [3.8, 4) is 23.5 Å². The van der Waals surface area contributed by atoms with Gasteiger partial charge in [0.2, 0.25) is 5.96 Å². The number of nitrogens with one attached hydrogen (secondary N) is 5. The van der Waals surface area contributed by atoms with E-state index in [0.717, 1.165) is 113 Å². The number of aliphatic imine (C=N–C) groups is 1. The number of aryl methyl sites for hydroxylation is 3. The van der Waals surface area contributed by atoms with Gasteiger partial charge in [0.25, 0.3) is 0 Å². The average Bonchev–Trinajstić information content (AvgIpc) is 1.51. The maximum atomic E-state index is 14.9. The number of methoxy groups -OCH3 is 1. The Morgan fingerprint density at radius 3 is 2.46 bits per heavy atom. The van der Waals surface area contributed by atoms with Crippen LogP contribution in [-0.2, 0) is 41.7 Å². The van der Waals surface area contributed by atoms with Crippen LogP contribution in [0.2, 0.25) is 0 Å². The summed E-state index contributed by atoms with van der Waals surface area (Å²) in [4.78, 5) is 34.4. The van der Waals surface area contributed by atoms with Gasteiger partial charge in [0, 0.05) is 49.8 Å². The van der Waals surface area contributed by atoms with Crippen molar-refractivity contribution in [3.63, 3.8) is 0 Å². The fourth-order valence-corrected chi connectivity index (χ4v) is 21.6. The number of aromatic hydroxyl groups is 1. The van der Waals surface area contributed by atoms with Gasteiger partial charge in [-0.2, -0.15) is 4.99 Å². The Kier molecular flexibility index (Phi) is 19.8. The van der Waals surface area contributed by atoms with Gasteiger partial charge in [-0.05, 0) is 267 Å². The topological polar surface area (TPSA) is 229 Å². The molecule has 8 aliphatic heterocycles. The molecule has 14 heteroatoms. The molecule has 5 saturated carbocycles. The molecule has 4 aromatic carbocycles. The molecule has 12 N–H and O–H groups in total. The summed E-state index contributed by atoms with van der Waals surface area (Å²) in [6, 6.07) is 37.2. The molecular weight excluding hydrogens is 1190 g/mol. The van der Waals surface area contributed by atoms with Crippen molar-refractivity contribution in [2.75, 3.05) is 33.4 Å². The highest BCUT2D eigenvalue weighted by molar-refractivity contribution is 6.08. The number of allylic oxidation sites excluding steroid dienone is 3. The summed E-state index contributed by atoms with van der Waals surface area (Å²) in [5.41, 5.74) is 23.7. The standard InChI is InChI=1S/C82H102N8O6/c1-50(92)71-38-59-39-72-66(24-22-52-14-7-4-8-15-52)67-26-28-82(78(59)67)75-25-23-55(44-81(75,46-76(82)89-71)45-70-65-27-31-85-47-60(65)35-57-19-11-29-86-79(57)70)34-63(93)41-64(94)37-62(49-91)68-42-74(96-2)73(95)40-58(68)36-61-48-88-77(83)43-69(61)56(18-10-30-87-80(84)90-72)33-54-17-9-16-53(32-54)21-20-51-12-5-3-6-13-51/h3-9,11-17,19,32,37-38,40,42-43,48,50,55-57,60,65-67,70-72,75-79,85-86,88-89,91-92,95H,18,20-29,31,33-36,39,41,44-47,49,83H2,1-2H3,(H3,84,87,90)/b62-37+/t50-,55+,56-,57-,60+,65-,66-,67+,70+,71+,72-,75+,76-,77?,78+,79+,81-,82+/m0/s1. The molecule has 1 spiro atoms. The molecule has 8 bridgehead atoms. The molecule has 506 valence electrons. The number of fused-ring (bicyclic) bond motifs is 2. The number of hydrogen-bond donors (Lipinski definition) is 10. The maximum absolute atomic E-state index is 14.9. The van der Waals surface area contributed by atoms with Gasteiger partial charge in [-0.15, -0.1) is 0 Å². The van der Waals surface area contributed by atoms with Crippen LogP contribution in [0, 0.1) is 82.0 Å². The number of hydrogen-bond acceptors (Lipinski definition) is 14. The molecule has 1 saturated heterocycles. The third kappa shape index (κ3) is 13.6. The van der Waals surface area contributed by atoms with Crippen molar-refractivity contribution in [2.24, 2.45) is 86.5 Å². The first kappa shape index (κ1) is 66.2. The molecule has 6 fully saturated rings. The lowest BCUT2D eigenvalue weighted by Gasteiger charge is -2.57. The van der Waals surface area contributed by atoms with Crippen LogP contribution in [0.4, 0.5) is 0 Å². The summed E-state index contributed by atoms with van der Waals surface area (Å²) in [7, 11) is 1.48. The monoisotopic (exact) mass is 1290 g/mol. The Balaban J connectivity index is 0.865. The number of phenolic OH excluding ortho intramolecular Hbond substituents is 1. The number of rotatable bonds is 13. The highest BCUT2D eigenvalue weighted by Gasteiger charge is 2.71. The normalized spacial score (nSPS) is 35.1. The van der Waals surface area contributed by atoms with E-state index in [1.54, 1.807) is 12.1 Å². The van der Waals surface area contributed by atoms with E-state index in [1.807, 2.05) is 19.2 Å². The summed E-state index contributed by atoms with van der Waals surface area (Å²) >= 11 is 0. The number of ether oxygens (including phenoxy) is 1. The van der Waals surface area contributed by atoms with Gasteiger partial charge in [0.05, 0.1) is 38.4 Å². The summed E-state index contributed by atoms with van der Waals surface area (Å²) < 4.78 is 5.70. The number of nitrogens with zero attached hydrogens (tertiary/aromatic N) is 1. The van der Waals surface area contributed by atoms with Gasteiger partial charge in [-0.1, -0.05) is 115 Å². The van der Waals surface area contributed by atoms with Crippen LogP contribution >= 0.6 is 0 Å². The Bertz CT molecular complexity index is 3750. The number of phenols is 1. The van der Waals surface area contributed by atoms with Crippen LogP contribution in [-0.4, -0.2) is 103 Å².